The summed E-state index contributed by atoms with van der Waals surface area (Å²) in [5.74, 6) is 0.849. The molecule has 1 aliphatic rings. The van der Waals surface area contributed by atoms with Crippen molar-refractivity contribution in [2.24, 2.45) is 0 Å². The van der Waals surface area contributed by atoms with Crippen molar-refractivity contribution in [2.45, 2.75) is 32.7 Å². The largest absolute Gasteiger partial charge is 0.450 e. The molecule has 1 aromatic heterocycles. The lowest BCUT2D eigenvalue weighted by molar-refractivity contribution is 0.0983. The summed E-state index contributed by atoms with van der Waals surface area (Å²) in [6.07, 6.45) is 3.16. The van der Waals surface area contributed by atoms with Crippen molar-refractivity contribution in [2.75, 3.05) is 25.0 Å². The van der Waals surface area contributed by atoms with Crippen LogP contribution in [0.3, 0.4) is 0 Å². The molecular weight excluding hydrogens is 244 g/mol. The van der Waals surface area contributed by atoms with Crippen LogP contribution >= 0.6 is 0 Å². The van der Waals surface area contributed by atoms with Crippen LogP contribution in [0.2, 0.25) is 0 Å². The van der Waals surface area contributed by atoms with E-state index in [2.05, 4.69) is 15.3 Å². The molecule has 1 fully saturated rings. The second-order valence-corrected chi connectivity index (χ2v) is 4.65. The van der Waals surface area contributed by atoms with Crippen LogP contribution in [0.15, 0.2) is 12.4 Å². The minimum Gasteiger partial charge on any atom is -0.450 e. The fourth-order valence-corrected chi connectivity index (χ4v) is 2.16. The van der Waals surface area contributed by atoms with Gasteiger partial charge in [0.25, 0.3) is 0 Å². The molecule has 6 heteroatoms. The fraction of sp³-hybridized carbons (Fsp3) is 0.615. The van der Waals surface area contributed by atoms with Crippen molar-refractivity contribution in [3.05, 3.63) is 18.1 Å². The molecule has 0 radical (unpaired) electrons. The molecule has 104 valence electrons. The number of amides is 1. The molecule has 19 heavy (non-hydrogen) atoms. The number of piperidine rings is 1. The van der Waals surface area contributed by atoms with E-state index in [-0.39, 0.29) is 6.09 Å². The predicted octanol–water partition coefficient (Wildman–Crippen LogP) is 1.82. The Labute approximate surface area is 113 Å². The van der Waals surface area contributed by atoms with Crippen LogP contribution in [0.4, 0.5) is 10.6 Å². The summed E-state index contributed by atoms with van der Waals surface area (Å²) in [7, 11) is 0. The Hall–Kier alpha value is -1.85. The summed E-state index contributed by atoms with van der Waals surface area (Å²) >= 11 is 0. The number of ether oxygens (including phenoxy) is 1. The number of hydrogen-bond donors (Lipinski definition) is 1. The molecule has 0 atom stereocenters. The summed E-state index contributed by atoms with van der Waals surface area (Å²) in [5.41, 5.74) is 0.946. The van der Waals surface area contributed by atoms with Crippen molar-refractivity contribution < 1.29 is 9.53 Å². The molecule has 0 aromatic carbocycles. The Morgan fingerprint density at radius 2 is 2.21 bits per heavy atom. The van der Waals surface area contributed by atoms with E-state index in [0.29, 0.717) is 12.6 Å². The number of likely N-dealkylation sites (tertiary alicyclic amines) is 1. The first-order chi connectivity index (χ1) is 9.19. The lowest BCUT2D eigenvalue weighted by Crippen LogP contribution is -2.42. The summed E-state index contributed by atoms with van der Waals surface area (Å²) < 4.78 is 5.00. The maximum absolute atomic E-state index is 11.6. The topological polar surface area (TPSA) is 67.3 Å². The number of carbonyl (C=O) groups is 1. The smallest absolute Gasteiger partial charge is 0.409 e. The predicted molar refractivity (Wildman–Crippen MR) is 72.0 cm³/mol. The Balaban J connectivity index is 1.82. The molecule has 0 spiro atoms. The van der Waals surface area contributed by atoms with Crippen LogP contribution < -0.4 is 5.32 Å². The molecule has 0 bridgehead atoms. The first kappa shape index (κ1) is 13.6. The number of rotatable bonds is 3. The highest BCUT2D eigenvalue weighted by Gasteiger charge is 2.23. The molecule has 0 aliphatic carbocycles. The van der Waals surface area contributed by atoms with Crippen LogP contribution in [-0.4, -0.2) is 46.7 Å². The molecule has 1 N–H and O–H groups in total. The number of anilines is 1. The van der Waals surface area contributed by atoms with Gasteiger partial charge in [0.15, 0.2) is 0 Å². The van der Waals surface area contributed by atoms with E-state index in [9.17, 15) is 4.79 Å². The fourth-order valence-electron chi connectivity index (χ4n) is 2.16. The Bertz CT molecular complexity index is 430. The van der Waals surface area contributed by atoms with Crippen LogP contribution in [0.25, 0.3) is 0 Å². The molecule has 1 amide bonds. The van der Waals surface area contributed by atoms with E-state index in [1.165, 1.54) is 0 Å². The van der Waals surface area contributed by atoms with Gasteiger partial charge in [-0.3, -0.25) is 0 Å². The maximum atomic E-state index is 11.6. The average Bonchev–Trinajstić information content (AvgIpc) is 2.40. The molecule has 0 unspecified atom stereocenters. The molecule has 1 saturated heterocycles. The third kappa shape index (κ3) is 3.81. The first-order valence-electron chi connectivity index (χ1n) is 6.66. The average molecular weight is 264 g/mol. The van der Waals surface area contributed by atoms with Crippen molar-refractivity contribution in [3.8, 4) is 0 Å². The van der Waals surface area contributed by atoms with Crippen molar-refractivity contribution in [1.29, 1.82) is 0 Å². The number of nitrogens with zero attached hydrogens (tertiary/aromatic N) is 3. The highest BCUT2D eigenvalue weighted by Crippen LogP contribution is 2.15. The highest BCUT2D eigenvalue weighted by atomic mass is 16.6. The van der Waals surface area contributed by atoms with Crippen LogP contribution in [0.1, 0.15) is 25.5 Å². The molecule has 2 heterocycles. The molecule has 2 rings (SSSR count). The standard InChI is InChI=1S/C13H20N4O2/c1-3-19-13(18)17-6-4-11(5-7-17)16-12-8-10(2)14-9-15-12/h8-9,11H,3-7H2,1-2H3,(H,14,15,16). The number of aromatic nitrogens is 2. The minimum absolute atomic E-state index is 0.209. The second-order valence-electron chi connectivity index (χ2n) is 4.65. The molecule has 1 aliphatic heterocycles. The Kier molecular flexibility index (Phi) is 4.54. The number of aryl methyl sites for hydroxylation is 1. The zero-order valence-corrected chi connectivity index (χ0v) is 11.4. The van der Waals surface area contributed by atoms with Gasteiger partial charge in [-0.25, -0.2) is 14.8 Å². The van der Waals surface area contributed by atoms with Gasteiger partial charge in [0.1, 0.15) is 12.1 Å². The summed E-state index contributed by atoms with van der Waals surface area (Å²) in [4.78, 5) is 21.6. The second kappa shape index (κ2) is 6.36. The number of hydrogen-bond acceptors (Lipinski definition) is 5. The van der Waals surface area contributed by atoms with Crippen LogP contribution in [0.5, 0.6) is 0 Å². The summed E-state index contributed by atoms with van der Waals surface area (Å²) in [6, 6.07) is 2.28. The Morgan fingerprint density at radius 3 is 2.84 bits per heavy atom. The third-order valence-electron chi connectivity index (χ3n) is 3.18. The van der Waals surface area contributed by atoms with Crippen LogP contribution in [0, 0.1) is 6.92 Å². The summed E-state index contributed by atoms with van der Waals surface area (Å²) in [6.45, 7) is 5.64. The van der Waals surface area contributed by atoms with Gasteiger partial charge < -0.3 is 15.0 Å². The number of carbonyl (C=O) groups excluding carboxylic acids is 1. The molecule has 6 nitrogen and oxygen atoms in total. The van der Waals surface area contributed by atoms with Gasteiger partial charge in [-0.05, 0) is 26.7 Å². The third-order valence-corrected chi connectivity index (χ3v) is 3.18. The first-order valence-corrected chi connectivity index (χ1v) is 6.66. The van der Waals surface area contributed by atoms with Crippen molar-refractivity contribution >= 4 is 11.9 Å². The van der Waals surface area contributed by atoms with Gasteiger partial charge in [0, 0.05) is 30.9 Å². The van der Waals surface area contributed by atoms with Gasteiger partial charge >= 0.3 is 6.09 Å². The highest BCUT2D eigenvalue weighted by molar-refractivity contribution is 5.67. The van der Waals surface area contributed by atoms with E-state index in [1.54, 1.807) is 11.2 Å². The van der Waals surface area contributed by atoms with E-state index >= 15 is 0 Å². The van der Waals surface area contributed by atoms with Gasteiger partial charge in [-0.2, -0.15) is 0 Å². The molecular formula is C13H20N4O2. The number of nitrogens with one attached hydrogen (secondary N) is 1. The minimum atomic E-state index is -0.209. The summed E-state index contributed by atoms with van der Waals surface area (Å²) in [5, 5.41) is 3.38. The normalized spacial score (nSPS) is 16.2. The lowest BCUT2D eigenvalue weighted by atomic mass is 10.1. The zero-order valence-electron chi connectivity index (χ0n) is 11.4. The Morgan fingerprint density at radius 1 is 1.47 bits per heavy atom. The lowest BCUT2D eigenvalue weighted by Gasteiger charge is -2.31. The van der Waals surface area contributed by atoms with E-state index < -0.39 is 0 Å². The van der Waals surface area contributed by atoms with Crippen LogP contribution in [-0.2, 0) is 4.74 Å². The van der Waals surface area contributed by atoms with E-state index in [4.69, 9.17) is 4.74 Å². The SMILES string of the molecule is CCOC(=O)N1CCC(Nc2cc(C)ncn2)CC1. The zero-order chi connectivity index (χ0) is 13.7. The van der Waals surface area contributed by atoms with Gasteiger partial charge in [-0.15, -0.1) is 0 Å². The molecule has 0 saturated carbocycles. The van der Waals surface area contributed by atoms with Gasteiger partial charge in [0.2, 0.25) is 0 Å². The van der Waals surface area contributed by atoms with Gasteiger partial charge in [0.05, 0.1) is 6.61 Å². The quantitative estimate of drug-likeness (QED) is 0.902. The van der Waals surface area contributed by atoms with E-state index in [1.807, 2.05) is 19.9 Å². The maximum Gasteiger partial charge on any atom is 0.409 e. The van der Waals surface area contributed by atoms with Crippen molar-refractivity contribution in [1.82, 2.24) is 14.9 Å². The van der Waals surface area contributed by atoms with Gasteiger partial charge in [-0.1, -0.05) is 0 Å². The van der Waals surface area contributed by atoms with E-state index in [0.717, 1.165) is 37.4 Å². The monoisotopic (exact) mass is 264 g/mol. The van der Waals surface area contributed by atoms with Crippen molar-refractivity contribution in [3.63, 3.8) is 0 Å². The molecule has 1 aromatic rings.